The van der Waals surface area contributed by atoms with Gasteiger partial charge < -0.3 is 9.88 Å². The van der Waals surface area contributed by atoms with Crippen molar-refractivity contribution < 1.29 is 0 Å². The second-order valence-electron chi connectivity index (χ2n) is 4.93. The Hall–Kier alpha value is -2.43. The fraction of sp³-hybridized carbons (Fsp3) is 0.267. The van der Waals surface area contributed by atoms with Crippen molar-refractivity contribution in [1.29, 1.82) is 0 Å². The highest BCUT2D eigenvalue weighted by Gasteiger charge is 2.08. The van der Waals surface area contributed by atoms with Gasteiger partial charge in [0.05, 0.1) is 16.7 Å². The molecule has 0 spiro atoms. The maximum Gasteiger partial charge on any atom is 0.151 e. The van der Waals surface area contributed by atoms with Crippen LogP contribution in [0.25, 0.3) is 22.3 Å². The average Bonchev–Trinajstić information content (AvgIpc) is 2.73. The molecule has 0 bridgehead atoms. The quantitative estimate of drug-likeness (QED) is 0.775. The van der Waals surface area contributed by atoms with Crippen molar-refractivity contribution in [2.75, 3.05) is 12.4 Å². The van der Waals surface area contributed by atoms with E-state index in [4.69, 9.17) is 0 Å². The number of hydrogen-bond acceptors (Lipinski definition) is 4. The van der Waals surface area contributed by atoms with E-state index in [9.17, 15) is 0 Å². The third kappa shape index (κ3) is 1.91. The van der Waals surface area contributed by atoms with E-state index in [0.29, 0.717) is 0 Å². The Bertz CT molecular complexity index is 788. The van der Waals surface area contributed by atoms with Crippen LogP contribution in [0, 0.1) is 13.8 Å². The first-order valence-electron chi connectivity index (χ1n) is 6.55. The molecule has 3 aromatic rings. The predicted octanol–water partition coefficient (Wildman–Crippen LogP) is 2.69. The van der Waals surface area contributed by atoms with Crippen LogP contribution >= 0.6 is 0 Å². The monoisotopic (exact) mass is 267 g/mol. The zero-order chi connectivity index (χ0) is 14.3. The zero-order valence-corrected chi connectivity index (χ0v) is 12.1. The van der Waals surface area contributed by atoms with Gasteiger partial charge in [-0.2, -0.15) is 0 Å². The molecule has 5 heteroatoms. The van der Waals surface area contributed by atoms with Crippen LogP contribution < -0.4 is 5.32 Å². The SMILES string of the molecule is CNc1nnc(-c2ccc3c(c2)nc(C)n3C)cc1C. The molecule has 2 heterocycles. The van der Waals surface area contributed by atoms with Crippen LogP contribution in [0.1, 0.15) is 11.4 Å². The molecule has 0 aliphatic carbocycles. The normalized spacial score (nSPS) is 11.0. The van der Waals surface area contributed by atoms with Gasteiger partial charge in [-0.05, 0) is 37.6 Å². The van der Waals surface area contributed by atoms with Gasteiger partial charge in [0, 0.05) is 19.7 Å². The summed E-state index contributed by atoms with van der Waals surface area (Å²) in [6, 6.07) is 8.24. The molecule has 0 aliphatic rings. The Balaban J connectivity index is 2.12. The van der Waals surface area contributed by atoms with Gasteiger partial charge >= 0.3 is 0 Å². The first kappa shape index (κ1) is 12.6. The summed E-state index contributed by atoms with van der Waals surface area (Å²) in [6.45, 7) is 4.03. The van der Waals surface area contributed by atoms with Gasteiger partial charge in [-0.15, -0.1) is 10.2 Å². The van der Waals surface area contributed by atoms with E-state index in [1.54, 1.807) is 0 Å². The number of nitrogens with one attached hydrogen (secondary N) is 1. The second-order valence-corrected chi connectivity index (χ2v) is 4.93. The number of aryl methyl sites for hydroxylation is 3. The van der Waals surface area contributed by atoms with E-state index in [0.717, 1.165) is 39.5 Å². The van der Waals surface area contributed by atoms with Crippen molar-refractivity contribution in [3.8, 4) is 11.3 Å². The molecule has 1 aromatic carbocycles. The molecular formula is C15H17N5. The smallest absolute Gasteiger partial charge is 0.151 e. The number of fused-ring (bicyclic) bond motifs is 1. The van der Waals surface area contributed by atoms with Gasteiger partial charge in [0.15, 0.2) is 5.82 Å². The summed E-state index contributed by atoms with van der Waals surface area (Å²) in [4.78, 5) is 4.56. The van der Waals surface area contributed by atoms with Crippen molar-refractivity contribution in [2.24, 2.45) is 7.05 Å². The molecule has 0 radical (unpaired) electrons. The molecule has 102 valence electrons. The van der Waals surface area contributed by atoms with Crippen LogP contribution in [-0.2, 0) is 7.05 Å². The summed E-state index contributed by atoms with van der Waals surface area (Å²) >= 11 is 0. The van der Waals surface area contributed by atoms with Gasteiger partial charge in [0.25, 0.3) is 0 Å². The molecule has 0 amide bonds. The summed E-state index contributed by atoms with van der Waals surface area (Å²) in [5.74, 6) is 1.81. The summed E-state index contributed by atoms with van der Waals surface area (Å²) in [7, 11) is 3.87. The summed E-state index contributed by atoms with van der Waals surface area (Å²) in [5.41, 5.74) is 5.10. The number of rotatable bonds is 2. The van der Waals surface area contributed by atoms with E-state index in [1.165, 1.54) is 0 Å². The summed E-state index contributed by atoms with van der Waals surface area (Å²) in [5, 5.41) is 11.5. The molecule has 0 atom stereocenters. The minimum atomic E-state index is 0.809. The minimum Gasteiger partial charge on any atom is -0.371 e. The Kier molecular flexibility index (Phi) is 2.89. The first-order chi connectivity index (χ1) is 9.60. The Morgan fingerprint density at radius 2 is 1.90 bits per heavy atom. The van der Waals surface area contributed by atoms with Gasteiger partial charge in [-0.1, -0.05) is 6.07 Å². The molecule has 3 rings (SSSR count). The number of imidazole rings is 1. The lowest BCUT2D eigenvalue weighted by molar-refractivity contribution is 0.886. The van der Waals surface area contributed by atoms with Gasteiger partial charge in [-0.3, -0.25) is 0 Å². The third-order valence-corrected chi connectivity index (χ3v) is 3.62. The van der Waals surface area contributed by atoms with E-state index < -0.39 is 0 Å². The highest BCUT2D eigenvalue weighted by atomic mass is 15.2. The highest BCUT2D eigenvalue weighted by molar-refractivity contribution is 5.82. The Morgan fingerprint density at radius 1 is 1.10 bits per heavy atom. The molecular weight excluding hydrogens is 250 g/mol. The number of anilines is 1. The summed E-state index contributed by atoms with van der Waals surface area (Å²) in [6.07, 6.45) is 0. The van der Waals surface area contributed by atoms with Crippen LogP contribution in [0.2, 0.25) is 0 Å². The fourth-order valence-electron chi connectivity index (χ4n) is 2.35. The third-order valence-electron chi connectivity index (χ3n) is 3.62. The molecule has 2 aromatic heterocycles. The maximum atomic E-state index is 4.56. The average molecular weight is 267 g/mol. The molecule has 1 N–H and O–H groups in total. The lowest BCUT2D eigenvalue weighted by Gasteiger charge is -2.06. The number of benzene rings is 1. The van der Waals surface area contributed by atoms with Crippen LogP contribution in [-0.4, -0.2) is 26.8 Å². The van der Waals surface area contributed by atoms with E-state index >= 15 is 0 Å². The van der Waals surface area contributed by atoms with Gasteiger partial charge in [-0.25, -0.2) is 4.98 Å². The summed E-state index contributed by atoms with van der Waals surface area (Å²) < 4.78 is 2.08. The maximum absolute atomic E-state index is 4.56. The minimum absolute atomic E-state index is 0.809. The van der Waals surface area contributed by atoms with Crippen molar-refractivity contribution in [3.05, 3.63) is 35.7 Å². The molecule has 0 aliphatic heterocycles. The molecule has 0 fully saturated rings. The topological polar surface area (TPSA) is 55.6 Å². The van der Waals surface area contributed by atoms with E-state index in [1.807, 2.05) is 34.0 Å². The molecule has 0 saturated heterocycles. The van der Waals surface area contributed by atoms with Crippen LogP contribution in [0.5, 0.6) is 0 Å². The number of aromatic nitrogens is 4. The first-order valence-corrected chi connectivity index (χ1v) is 6.55. The van der Waals surface area contributed by atoms with Crippen LogP contribution in [0.3, 0.4) is 0 Å². The zero-order valence-electron chi connectivity index (χ0n) is 12.1. The lowest BCUT2D eigenvalue weighted by atomic mass is 10.1. The highest BCUT2D eigenvalue weighted by Crippen LogP contribution is 2.24. The van der Waals surface area contributed by atoms with Gasteiger partial charge in [0.2, 0.25) is 0 Å². The molecule has 20 heavy (non-hydrogen) atoms. The largest absolute Gasteiger partial charge is 0.371 e. The van der Waals surface area contributed by atoms with Crippen LogP contribution in [0.15, 0.2) is 24.3 Å². The van der Waals surface area contributed by atoms with Crippen molar-refractivity contribution in [3.63, 3.8) is 0 Å². The molecule has 0 unspecified atom stereocenters. The predicted molar refractivity (Wildman–Crippen MR) is 80.8 cm³/mol. The van der Waals surface area contributed by atoms with Crippen molar-refractivity contribution in [1.82, 2.24) is 19.7 Å². The second kappa shape index (κ2) is 4.59. The molecule has 0 saturated carbocycles. The van der Waals surface area contributed by atoms with E-state index in [2.05, 4.69) is 43.3 Å². The van der Waals surface area contributed by atoms with Crippen LogP contribution in [0.4, 0.5) is 5.82 Å². The molecule has 5 nitrogen and oxygen atoms in total. The standard InChI is InChI=1S/C15H17N5/c1-9-7-12(18-19-15(9)16-3)11-5-6-14-13(8-11)17-10(2)20(14)4/h5-8H,1-4H3,(H,16,19). The van der Waals surface area contributed by atoms with Crippen molar-refractivity contribution >= 4 is 16.9 Å². The van der Waals surface area contributed by atoms with Crippen molar-refractivity contribution in [2.45, 2.75) is 13.8 Å². The van der Waals surface area contributed by atoms with Gasteiger partial charge in [0.1, 0.15) is 5.82 Å². The fourth-order valence-corrected chi connectivity index (χ4v) is 2.35. The number of nitrogens with zero attached hydrogens (tertiary/aromatic N) is 4. The Labute approximate surface area is 117 Å². The Morgan fingerprint density at radius 3 is 2.60 bits per heavy atom. The lowest BCUT2D eigenvalue weighted by Crippen LogP contribution is -1.99. The number of hydrogen-bond donors (Lipinski definition) is 1. The van der Waals surface area contributed by atoms with E-state index in [-0.39, 0.29) is 0 Å².